The molecule has 3 rings (SSSR count). The summed E-state index contributed by atoms with van der Waals surface area (Å²) in [4.78, 5) is 14.9. The summed E-state index contributed by atoms with van der Waals surface area (Å²) in [6.45, 7) is 0. The van der Waals surface area contributed by atoms with E-state index in [2.05, 4.69) is 25.3 Å². The Morgan fingerprint density at radius 3 is 2.38 bits per heavy atom. The molecule has 9 nitrogen and oxygen atoms in total. The number of amides is 1. The van der Waals surface area contributed by atoms with Crippen molar-refractivity contribution in [3.8, 4) is 11.4 Å². The number of anilines is 2. The van der Waals surface area contributed by atoms with Gasteiger partial charge in [-0.2, -0.15) is 13.8 Å². The highest BCUT2D eigenvalue weighted by atomic mass is 32.2. The summed E-state index contributed by atoms with van der Waals surface area (Å²) in [5, 5.41) is 5.38. The van der Waals surface area contributed by atoms with E-state index in [1.54, 1.807) is 12.1 Å². The molecule has 0 unspecified atom stereocenters. The third-order valence-corrected chi connectivity index (χ3v) is 5.16. The van der Waals surface area contributed by atoms with Crippen LogP contribution in [0, 0.1) is 4.77 Å². The van der Waals surface area contributed by atoms with E-state index in [1.165, 1.54) is 36.4 Å². The van der Waals surface area contributed by atoms with Crippen LogP contribution in [0.3, 0.4) is 0 Å². The summed E-state index contributed by atoms with van der Waals surface area (Å²) in [6, 6.07) is 11.7. The lowest BCUT2D eigenvalue weighted by atomic mass is 10.2. The molecule has 0 saturated heterocycles. The zero-order valence-electron chi connectivity index (χ0n) is 14.4. The quantitative estimate of drug-likeness (QED) is 0.284. The number of aromatic nitrogens is 3. The fourth-order valence-electron chi connectivity index (χ4n) is 2.24. The molecule has 1 heterocycles. The van der Waals surface area contributed by atoms with Crippen molar-refractivity contribution in [2.24, 2.45) is 0 Å². The van der Waals surface area contributed by atoms with E-state index in [1.807, 2.05) is 5.43 Å². The minimum atomic E-state index is -3.90. The van der Waals surface area contributed by atoms with Crippen LogP contribution in [0.2, 0.25) is 0 Å². The topological polar surface area (TPSA) is 132 Å². The highest BCUT2D eigenvalue weighted by Crippen LogP contribution is 2.22. The van der Waals surface area contributed by atoms with E-state index in [0.717, 1.165) is 0 Å². The Labute approximate surface area is 168 Å². The highest BCUT2D eigenvalue weighted by Gasteiger charge is 2.16. The molecule has 3 aromatic rings. The predicted octanol–water partition coefficient (Wildman–Crippen LogP) is 2.64. The van der Waals surface area contributed by atoms with Gasteiger partial charge in [0, 0.05) is 11.3 Å². The summed E-state index contributed by atoms with van der Waals surface area (Å²) < 4.78 is 52.2. The zero-order chi connectivity index (χ0) is 21.0. The summed E-state index contributed by atoms with van der Waals surface area (Å²) >= 11 is 4.89. The molecule has 1 aromatic heterocycles. The second kappa shape index (κ2) is 8.36. The molecule has 152 valence electrons. The number of alkyl halides is 2. The molecule has 0 spiro atoms. The lowest BCUT2D eigenvalue weighted by Crippen LogP contribution is -2.34. The van der Waals surface area contributed by atoms with Crippen molar-refractivity contribution in [3.63, 3.8) is 0 Å². The first-order chi connectivity index (χ1) is 13.7. The van der Waals surface area contributed by atoms with E-state index < -0.39 is 22.4 Å². The van der Waals surface area contributed by atoms with E-state index >= 15 is 0 Å². The molecule has 0 radical (unpaired) electrons. The van der Waals surface area contributed by atoms with Gasteiger partial charge in [0.2, 0.25) is 4.77 Å². The molecule has 13 heteroatoms. The minimum Gasteiger partial charge on any atom is -0.298 e. The average Bonchev–Trinajstić information content (AvgIpc) is 3.13. The number of carbonyl (C=O) groups is 1. The van der Waals surface area contributed by atoms with Crippen molar-refractivity contribution in [2.45, 2.75) is 11.3 Å². The van der Waals surface area contributed by atoms with E-state index in [-0.39, 0.29) is 21.0 Å². The molecule has 5 N–H and O–H groups in total. The second-order valence-electron chi connectivity index (χ2n) is 5.64. The Bertz CT molecular complexity index is 1180. The summed E-state index contributed by atoms with van der Waals surface area (Å²) in [5.41, 5.74) is 5.16. The molecule has 2 aromatic carbocycles. The van der Waals surface area contributed by atoms with Crippen molar-refractivity contribution < 1.29 is 22.0 Å². The maximum absolute atomic E-state index is 12.6. The van der Waals surface area contributed by atoms with Crippen LogP contribution >= 0.6 is 12.2 Å². The summed E-state index contributed by atoms with van der Waals surface area (Å²) in [6.07, 6.45) is -3.15. The Hall–Kier alpha value is -3.32. The molecular formula is C16H14F2N6O3S2. The number of hydrogen-bond donors (Lipinski definition) is 5. The largest absolute Gasteiger partial charge is 0.317 e. The molecule has 29 heavy (non-hydrogen) atoms. The smallest absolute Gasteiger partial charge is 0.298 e. The molecule has 0 atom stereocenters. The number of H-pyrrole nitrogens is 2. The normalized spacial score (nSPS) is 11.3. The van der Waals surface area contributed by atoms with Crippen LogP contribution in [0.5, 0.6) is 0 Å². The van der Waals surface area contributed by atoms with Crippen LogP contribution in [0.15, 0.2) is 53.4 Å². The minimum absolute atomic E-state index is 0.00344. The molecule has 0 aliphatic carbocycles. The van der Waals surface area contributed by atoms with Crippen molar-refractivity contribution in [1.82, 2.24) is 20.6 Å². The van der Waals surface area contributed by atoms with Crippen molar-refractivity contribution in [3.05, 3.63) is 53.3 Å². The van der Waals surface area contributed by atoms with Gasteiger partial charge in [0.25, 0.3) is 10.0 Å². The predicted molar refractivity (Wildman–Crippen MR) is 104 cm³/mol. The molecule has 0 aliphatic heterocycles. The van der Waals surface area contributed by atoms with Gasteiger partial charge in [-0.1, -0.05) is 12.1 Å². The highest BCUT2D eigenvalue weighted by molar-refractivity contribution is 7.92. The monoisotopic (exact) mass is 440 g/mol. The van der Waals surface area contributed by atoms with Crippen LogP contribution < -0.4 is 15.6 Å². The number of carbonyl (C=O) groups excluding carboxylic acids is 1. The van der Waals surface area contributed by atoms with Gasteiger partial charge in [-0.05, 0) is 48.6 Å². The Balaban J connectivity index is 1.72. The van der Waals surface area contributed by atoms with Gasteiger partial charge in [0.1, 0.15) is 0 Å². The third kappa shape index (κ3) is 5.14. The van der Waals surface area contributed by atoms with E-state index in [9.17, 15) is 22.0 Å². The van der Waals surface area contributed by atoms with Crippen molar-refractivity contribution in [1.29, 1.82) is 0 Å². The number of hydrogen-bond acceptors (Lipinski definition) is 6. The SMILES string of the molecule is O=C(NNc1ccc(NS(=O)(=O)c2cccc(-c3nc(=S)[nH][nH]3)c2)cc1)C(F)F. The maximum atomic E-state index is 12.6. The van der Waals surface area contributed by atoms with Gasteiger partial charge in [-0.25, -0.2) is 8.42 Å². The number of sulfonamides is 1. The third-order valence-electron chi connectivity index (χ3n) is 3.58. The first-order valence-corrected chi connectivity index (χ1v) is 9.86. The number of benzene rings is 2. The standard InChI is InChI=1S/C16H14F2N6O3S2/c17-13(18)15(25)22-20-10-4-6-11(7-5-10)24-29(26,27)12-3-1-2-9(8-12)14-19-16(28)23-21-14/h1-8,13,20,24H,(H,22,25)(H2,19,21,23,28). The van der Waals surface area contributed by atoms with E-state index in [4.69, 9.17) is 12.2 Å². The average molecular weight is 440 g/mol. The van der Waals surface area contributed by atoms with Gasteiger partial charge in [-0.15, -0.1) is 0 Å². The van der Waals surface area contributed by atoms with Crippen LogP contribution in [0.1, 0.15) is 0 Å². The fraction of sp³-hybridized carbons (Fsp3) is 0.0625. The lowest BCUT2D eigenvalue weighted by Gasteiger charge is -2.11. The Morgan fingerprint density at radius 1 is 1.07 bits per heavy atom. The van der Waals surface area contributed by atoms with Gasteiger partial charge in [0.15, 0.2) is 5.82 Å². The van der Waals surface area contributed by atoms with Crippen LogP contribution in [-0.4, -0.2) is 35.9 Å². The molecule has 0 fully saturated rings. The van der Waals surface area contributed by atoms with Crippen molar-refractivity contribution >= 4 is 39.5 Å². The van der Waals surface area contributed by atoms with Crippen LogP contribution in [0.25, 0.3) is 11.4 Å². The molecule has 0 aliphatic rings. The molecule has 0 bridgehead atoms. The Kier molecular flexibility index (Phi) is 5.89. The second-order valence-corrected chi connectivity index (χ2v) is 7.71. The first kappa shape index (κ1) is 20.4. The number of nitrogens with zero attached hydrogens (tertiary/aromatic N) is 1. The van der Waals surface area contributed by atoms with Gasteiger partial charge in [-0.3, -0.25) is 30.6 Å². The van der Waals surface area contributed by atoms with E-state index in [0.29, 0.717) is 11.4 Å². The molecule has 0 saturated carbocycles. The van der Waals surface area contributed by atoms with Gasteiger partial charge >= 0.3 is 12.3 Å². The van der Waals surface area contributed by atoms with Crippen molar-refractivity contribution in [2.75, 3.05) is 10.1 Å². The number of hydrazine groups is 1. The summed E-state index contributed by atoms with van der Waals surface area (Å²) in [5.74, 6) is -1.08. The Morgan fingerprint density at radius 2 is 1.76 bits per heavy atom. The summed E-state index contributed by atoms with van der Waals surface area (Å²) in [7, 11) is -3.90. The number of rotatable bonds is 7. The maximum Gasteiger partial charge on any atom is 0.317 e. The first-order valence-electron chi connectivity index (χ1n) is 7.96. The van der Waals surface area contributed by atoms with Gasteiger partial charge < -0.3 is 0 Å². The van der Waals surface area contributed by atoms with Crippen LogP contribution in [-0.2, 0) is 14.8 Å². The number of aromatic amines is 2. The molecule has 1 amide bonds. The molecular weight excluding hydrogens is 426 g/mol. The van der Waals surface area contributed by atoms with Crippen LogP contribution in [0.4, 0.5) is 20.2 Å². The zero-order valence-corrected chi connectivity index (χ0v) is 16.1. The number of halogens is 2. The van der Waals surface area contributed by atoms with Gasteiger partial charge in [0.05, 0.1) is 10.6 Å². The number of nitrogens with one attached hydrogen (secondary N) is 5. The fourth-order valence-corrected chi connectivity index (χ4v) is 3.49. The lowest BCUT2D eigenvalue weighted by molar-refractivity contribution is -0.131.